The first kappa shape index (κ1) is 20.5. The van der Waals surface area contributed by atoms with Gasteiger partial charge >= 0.3 is 0 Å². The Labute approximate surface area is 158 Å². The lowest BCUT2D eigenvalue weighted by Gasteiger charge is -2.43. The van der Waals surface area contributed by atoms with Crippen LogP contribution < -0.4 is 5.73 Å². The molecule has 25 heavy (non-hydrogen) atoms. The number of hydrogen-bond acceptors (Lipinski definition) is 3. The van der Waals surface area contributed by atoms with Crippen LogP contribution in [0.2, 0.25) is 0 Å². The van der Waals surface area contributed by atoms with Crippen molar-refractivity contribution in [3.05, 3.63) is 0 Å². The van der Waals surface area contributed by atoms with E-state index in [1.807, 2.05) is 16.7 Å². The Balaban J connectivity index is 0.00000225. The Morgan fingerprint density at radius 1 is 0.840 bits per heavy atom. The average Bonchev–Trinajstić information content (AvgIpc) is 2.61. The molecule has 0 aromatic heterocycles. The normalized spacial score (nSPS) is 31.4. The van der Waals surface area contributed by atoms with Crippen LogP contribution in [0.5, 0.6) is 0 Å². The Morgan fingerprint density at radius 3 is 1.92 bits per heavy atom. The maximum atomic E-state index is 12.9. The molecule has 2 saturated carbocycles. The van der Waals surface area contributed by atoms with Gasteiger partial charge in [-0.2, -0.15) is 0 Å². The zero-order chi connectivity index (χ0) is 17.2. The summed E-state index contributed by atoms with van der Waals surface area (Å²) in [6, 6.07) is 0. The molecule has 2 aliphatic carbocycles. The number of rotatable bonds is 2. The highest BCUT2D eigenvalue weighted by molar-refractivity contribution is 5.85. The molecule has 2 amide bonds. The minimum atomic E-state index is -0.371. The summed E-state index contributed by atoms with van der Waals surface area (Å²) in [6.07, 6.45) is 9.81. The van der Waals surface area contributed by atoms with Crippen LogP contribution in [0.15, 0.2) is 0 Å². The molecule has 2 unspecified atom stereocenters. The second-order valence-corrected chi connectivity index (χ2v) is 8.29. The summed E-state index contributed by atoms with van der Waals surface area (Å²) in [5.41, 5.74) is 6.02. The van der Waals surface area contributed by atoms with Gasteiger partial charge in [-0.25, -0.2) is 0 Å². The van der Waals surface area contributed by atoms with Crippen molar-refractivity contribution in [2.45, 2.75) is 70.3 Å². The molecule has 3 fully saturated rings. The van der Waals surface area contributed by atoms with Crippen molar-refractivity contribution >= 4 is 24.2 Å². The third kappa shape index (κ3) is 4.68. The van der Waals surface area contributed by atoms with Crippen molar-refractivity contribution in [2.75, 3.05) is 26.2 Å². The fourth-order valence-electron chi connectivity index (χ4n) is 4.74. The van der Waals surface area contributed by atoms with Gasteiger partial charge in [0.2, 0.25) is 11.8 Å². The Bertz CT molecular complexity index is 469. The van der Waals surface area contributed by atoms with E-state index in [1.165, 1.54) is 19.3 Å². The standard InChI is InChI=1S/C19H33N3O2.ClH/c1-19(20)10-6-5-9-16(19)18(24)22-13-11-21(12-14-22)17(23)15-7-3-2-4-8-15;/h15-16H,2-14,20H2,1H3;1H. The van der Waals surface area contributed by atoms with Crippen molar-refractivity contribution in [3.63, 3.8) is 0 Å². The number of hydrogen-bond donors (Lipinski definition) is 1. The molecule has 2 atom stereocenters. The van der Waals surface area contributed by atoms with Gasteiger partial charge in [0.25, 0.3) is 0 Å². The number of carbonyl (C=O) groups excluding carboxylic acids is 2. The summed E-state index contributed by atoms with van der Waals surface area (Å²) >= 11 is 0. The molecule has 2 N–H and O–H groups in total. The van der Waals surface area contributed by atoms with Crippen LogP contribution >= 0.6 is 12.4 Å². The fourth-order valence-corrected chi connectivity index (χ4v) is 4.74. The molecule has 6 heteroatoms. The van der Waals surface area contributed by atoms with Crippen LogP contribution in [0.25, 0.3) is 0 Å². The van der Waals surface area contributed by atoms with Crippen molar-refractivity contribution < 1.29 is 9.59 Å². The second kappa shape index (κ2) is 8.72. The molecule has 144 valence electrons. The van der Waals surface area contributed by atoms with Gasteiger partial charge in [0.05, 0.1) is 5.92 Å². The van der Waals surface area contributed by atoms with Gasteiger partial charge in [0.1, 0.15) is 0 Å². The molecule has 1 heterocycles. The topological polar surface area (TPSA) is 66.6 Å². The summed E-state index contributed by atoms with van der Waals surface area (Å²) in [6.45, 7) is 4.75. The average molecular weight is 372 g/mol. The molecule has 0 bridgehead atoms. The zero-order valence-corrected chi connectivity index (χ0v) is 16.4. The summed E-state index contributed by atoms with van der Waals surface area (Å²) < 4.78 is 0. The molecule has 1 saturated heterocycles. The van der Waals surface area contributed by atoms with E-state index in [0.29, 0.717) is 32.1 Å². The third-order valence-corrected chi connectivity index (χ3v) is 6.41. The first-order chi connectivity index (χ1) is 11.5. The zero-order valence-electron chi connectivity index (χ0n) is 15.5. The van der Waals surface area contributed by atoms with Crippen LogP contribution in [0.4, 0.5) is 0 Å². The van der Waals surface area contributed by atoms with Crippen molar-refractivity contribution in [2.24, 2.45) is 17.6 Å². The predicted octanol–water partition coefficient (Wildman–Crippen LogP) is 2.57. The molecule has 0 aromatic carbocycles. The molecule has 3 rings (SSSR count). The van der Waals surface area contributed by atoms with Crippen LogP contribution in [0.1, 0.15) is 64.7 Å². The predicted molar refractivity (Wildman–Crippen MR) is 102 cm³/mol. The third-order valence-electron chi connectivity index (χ3n) is 6.41. The number of piperazine rings is 1. The molecule has 1 aliphatic heterocycles. The van der Waals surface area contributed by atoms with E-state index in [1.54, 1.807) is 0 Å². The molecular weight excluding hydrogens is 338 g/mol. The van der Waals surface area contributed by atoms with E-state index in [0.717, 1.165) is 38.5 Å². The Kier molecular flexibility index (Phi) is 7.15. The highest BCUT2D eigenvalue weighted by Crippen LogP contribution is 2.33. The van der Waals surface area contributed by atoms with Gasteiger partial charge in [0, 0.05) is 37.6 Å². The fraction of sp³-hybridized carbons (Fsp3) is 0.895. The maximum absolute atomic E-state index is 12.9. The minimum Gasteiger partial charge on any atom is -0.339 e. The minimum absolute atomic E-state index is 0. The number of nitrogens with two attached hydrogens (primary N) is 1. The highest BCUT2D eigenvalue weighted by Gasteiger charge is 2.40. The molecule has 5 nitrogen and oxygen atoms in total. The lowest BCUT2D eigenvalue weighted by atomic mass is 9.74. The quantitative estimate of drug-likeness (QED) is 0.811. The molecule has 0 aromatic rings. The summed E-state index contributed by atoms with van der Waals surface area (Å²) in [7, 11) is 0. The summed E-state index contributed by atoms with van der Waals surface area (Å²) in [5, 5.41) is 0. The van der Waals surface area contributed by atoms with Gasteiger partial charge in [-0.3, -0.25) is 9.59 Å². The second-order valence-electron chi connectivity index (χ2n) is 8.29. The molecule has 3 aliphatic rings. The van der Waals surface area contributed by atoms with Crippen molar-refractivity contribution in [1.82, 2.24) is 9.80 Å². The summed E-state index contributed by atoms with van der Waals surface area (Å²) in [4.78, 5) is 29.5. The van der Waals surface area contributed by atoms with E-state index < -0.39 is 0 Å². The van der Waals surface area contributed by atoms with Gasteiger partial charge in [-0.05, 0) is 32.6 Å². The summed E-state index contributed by atoms with van der Waals surface area (Å²) in [5.74, 6) is 0.714. The van der Waals surface area contributed by atoms with Gasteiger partial charge in [-0.1, -0.05) is 32.1 Å². The van der Waals surface area contributed by atoms with Crippen LogP contribution in [0.3, 0.4) is 0 Å². The van der Waals surface area contributed by atoms with Gasteiger partial charge in [0.15, 0.2) is 0 Å². The van der Waals surface area contributed by atoms with Crippen LogP contribution in [0, 0.1) is 11.8 Å². The largest absolute Gasteiger partial charge is 0.339 e. The lowest BCUT2D eigenvalue weighted by molar-refractivity contribution is -0.146. The molecular formula is C19H34ClN3O2. The molecule has 0 spiro atoms. The SMILES string of the molecule is CC1(N)CCCCC1C(=O)N1CCN(C(=O)C2CCCCC2)CC1.Cl. The monoisotopic (exact) mass is 371 g/mol. The Hall–Kier alpha value is -0.810. The lowest BCUT2D eigenvalue weighted by Crippen LogP contribution is -2.58. The highest BCUT2D eigenvalue weighted by atomic mass is 35.5. The van der Waals surface area contributed by atoms with Gasteiger partial charge in [-0.15, -0.1) is 12.4 Å². The first-order valence-electron chi connectivity index (χ1n) is 9.85. The van der Waals surface area contributed by atoms with E-state index >= 15 is 0 Å². The van der Waals surface area contributed by atoms with E-state index in [4.69, 9.17) is 5.73 Å². The van der Waals surface area contributed by atoms with Crippen LogP contribution in [-0.4, -0.2) is 53.3 Å². The number of nitrogens with zero attached hydrogens (tertiary/aromatic N) is 2. The Morgan fingerprint density at radius 2 is 1.36 bits per heavy atom. The van der Waals surface area contributed by atoms with Crippen LogP contribution in [-0.2, 0) is 9.59 Å². The van der Waals surface area contributed by atoms with Gasteiger partial charge < -0.3 is 15.5 Å². The first-order valence-corrected chi connectivity index (χ1v) is 9.85. The van der Waals surface area contributed by atoms with E-state index in [9.17, 15) is 9.59 Å². The van der Waals surface area contributed by atoms with Crippen molar-refractivity contribution in [3.8, 4) is 0 Å². The molecule has 0 radical (unpaired) electrons. The smallest absolute Gasteiger partial charge is 0.227 e. The number of amides is 2. The number of halogens is 1. The van der Waals surface area contributed by atoms with E-state index in [2.05, 4.69) is 0 Å². The maximum Gasteiger partial charge on any atom is 0.227 e. The van der Waals surface area contributed by atoms with Crippen molar-refractivity contribution in [1.29, 1.82) is 0 Å². The van der Waals surface area contributed by atoms with E-state index in [-0.39, 0.29) is 35.7 Å². The number of carbonyl (C=O) groups is 2.